The van der Waals surface area contributed by atoms with Crippen molar-refractivity contribution < 1.29 is 4.74 Å². The predicted octanol–water partition coefficient (Wildman–Crippen LogP) is 2.61. The van der Waals surface area contributed by atoms with Gasteiger partial charge in [0.1, 0.15) is 6.61 Å². The van der Waals surface area contributed by atoms with Crippen LogP contribution < -0.4 is 10.5 Å². The fourth-order valence-electron chi connectivity index (χ4n) is 1.19. The van der Waals surface area contributed by atoms with Crippen molar-refractivity contribution in [2.75, 3.05) is 5.73 Å². The highest BCUT2D eigenvalue weighted by Crippen LogP contribution is 2.22. The van der Waals surface area contributed by atoms with E-state index in [1.165, 1.54) is 0 Å². The second-order valence-electron chi connectivity index (χ2n) is 3.21. The molecule has 15 heavy (non-hydrogen) atoms. The van der Waals surface area contributed by atoms with Crippen molar-refractivity contribution in [3.05, 3.63) is 40.2 Å². The molecule has 0 amide bonds. The summed E-state index contributed by atoms with van der Waals surface area (Å²) in [5.74, 6) is 0.517. The number of thiophene rings is 1. The van der Waals surface area contributed by atoms with Gasteiger partial charge in [-0.05, 0) is 30.0 Å². The summed E-state index contributed by atoms with van der Waals surface area (Å²) in [5.41, 5.74) is 7.45. The summed E-state index contributed by atoms with van der Waals surface area (Å²) in [4.78, 5) is 5.26. The van der Waals surface area contributed by atoms with E-state index in [4.69, 9.17) is 10.5 Å². The third-order valence-electron chi connectivity index (χ3n) is 2.10. The first-order chi connectivity index (χ1) is 7.27. The van der Waals surface area contributed by atoms with Crippen LogP contribution in [0.5, 0.6) is 5.88 Å². The van der Waals surface area contributed by atoms with Gasteiger partial charge < -0.3 is 10.5 Å². The summed E-state index contributed by atoms with van der Waals surface area (Å²) in [6.07, 6.45) is 1.70. The SMILES string of the molecule is Cc1ccnc(OCc2cccs2)c1N. The van der Waals surface area contributed by atoms with E-state index >= 15 is 0 Å². The van der Waals surface area contributed by atoms with Crippen molar-refractivity contribution in [3.63, 3.8) is 0 Å². The number of nitrogen functional groups attached to an aromatic ring is 1. The average Bonchev–Trinajstić information content (AvgIpc) is 2.73. The molecule has 2 rings (SSSR count). The number of aromatic nitrogens is 1. The van der Waals surface area contributed by atoms with Gasteiger partial charge in [0.25, 0.3) is 0 Å². The van der Waals surface area contributed by atoms with Crippen LogP contribution in [0, 0.1) is 6.92 Å². The Bertz CT molecular complexity index is 440. The van der Waals surface area contributed by atoms with Crippen LogP contribution in [-0.2, 0) is 6.61 Å². The van der Waals surface area contributed by atoms with Gasteiger partial charge in [-0.2, -0.15) is 0 Å². The molecule has 3 nitrogen and oxygen atoms in total. The maximum atomic E-state index is 5.84. The maximum Gasteiger partial charge on any atom is 0.237 e. The number of nitrogens with two attached hydrogens (primary N) is 1. The second-order valence-corrected chi connectivity index (χ2v) is 4.25. The Labute approximate surface area is 92.5 Å². The predicted molar refractivity (Wildman–Crippen MR) is 62.0 cm³/mol. The molecule has 0 fully saturated rings. The number of rotatable bonds is 3. The zero-order chi connectivity index (χ0) is 10.7. The van der Waals surface area contributed by atoms with E-state index in [2.05, 4.69) is 4.98 Å². The molecule has 0 bridgehead atoms. The van der Waals surface area contributed by atoms with E-state index in [9.17, 15) is 0 Å². The summed E-state index contributed by atoms with van der Waals surface area (Å²) < 4.78 is 5.54. The highest BCUT2D eigenvalue weighted by Gasteiger charge is 2.04. The van der Waals surface area contributed by atoms with Crippen molar-refractivity contribution in [2.24, 2.45) is 0 Å². The number of hydrogen-bond donors (Lipinski definition) is 1. The molecule has 2 aromatic heterocycles. The maximum absolute atomic E-state index is 5.84. The molecule has 2 heterocycles. The molecule has 0 aliphatic rings. The molecule has 0 unspecified atom stereocenters. The van der Waals surface area contributed by atoms with E-state index in [1.54, 1.807) is 17.5 Å². The molecule has 0 radical (unpaired) electrons. The molecule has 2 N–H and O–H groups in total. The molecule has 2 aromatic rings. The van der Waals surface area contributed by atoms with Crippen molar-refractivity contribution in [1.82, 2.24) is 4.98 Å². The van der Waals surface area contributed by atoms with Crippen molar-refractivity contribution in [3.8, 4) is 5.88 Å². The molecule has 0 saturated heterocycles. The van der Waals surface area contributed by atoms with Crippen molar-refractivity contribution in [1.29, 1.82) is 0 Å². The lowest BCUT2D eigenvalue weighted by Gasteiger charge is -2.07. The highest BCUT2D eigenvalue weighted by molar-refractivity contribution is 7.09. The molecule has 0 aliphatic carbocycles. The minimum atomic E-state index is 0.517. The van der Waals surface area contributed by atoms with Gasteiger partial charge in [0.15, 0.2) is 0 Å². The molecule has 0 atom stereocenters. The minimum Gasteiger partial charge on any atom is -0.470 e. The van der Waals surface area contributed by atoms with Gasteiger partial charge in [-0.3, -0.25) is 0 Å². The number of ether oxygens (including phenoxy) is 1. The van der Waals surface area contributed by atoms with Gasteiger partial charge >= 0.3 is 0 Å². The summed E-state index contributed by atoms with van der Waals surface area (Å²) in [5, 5.41) is 2.02. The Hall–Kier alpha value is -1.55. The van der Waals surface area contributed by atoms with Crippen LogP contribution in [0.1, 0.15) is 10.4 Å². The van der Waals surface area contributed by atoms with Crippen LogP contribution in [0.3, 0.4) is 0 Å². The molecular weight excluding hydrogens is 208 g/mol. The summed E-state index contributed by atoms with van der Waals surface area (Å²) >= 11 is 1.66. The Morgan fingerprint density at radius 2 is 2.33 bits per heavy atom. The number of anilines is 1. The van der Waals surface area contributed by atoms with E-state index in [-0.39, 0.29) is 0 Å². The smallest absolute Gasteiger partial charge is 0.237 e. The fraction of sp³-hybridized carbons (Fsp3) is 0.182. The van der Waals surface area contributed by atoms with Crippen LogP contribution in [0.4, 0.5) is 5.69 Å². The van der Waals surface area contributed by atoms with Gasteiger partial charge in [-0.25, -0.2) is 4.98 Å². The Morgan fingerprint density at radius 1 is 1.47 bits per heavy atom. The quantitative estimate of drug-likeness (QED) is 0.865. The lowest BCUT2D eigenvalue weighted by atomic mass is 10.2. The Balaban J connectivity index is 2.08. The Kier molecular flexibility index (Phi) is 2.87. The summed E-state index contributed by atoms with van der Waals surface area (Å²) in [6, 6.07) is 5.89. The van der Waals surface area contributed by atoms with Crippen LogP contribution >= 0.6 is 11.3 Å². The largest absolute Gasteiger partial charge is 0.470 e. The van der Waals surface area contributed by atoms with Gasteiger partial charge in [0.05, 0.1) is 5.69 Å². The normalized spacial score (nSPS) is 10.2. The highest BCUT2D eigenvalue weighted by atomic mass is 32.1. The zero-order valence-electron chi connectivity index (χ0n) is 8.43. The first-order valence-corrected chi connectivity index (χ1v) is 5.51. The van der Waals surface area contributed by atoms with Crippen LogP contribution in [0.2, 0.25) is 0 Å². The summed E-state index contributed by atoms with van der Waals surface area (Å²) in [6.45, 7) is 2.47. The second kappa shape index (κ2) is 4.31. The Morgan fingerprint density at radius 3 is 3.07 bits per heavy atom. The van der Waals surface area contributed by atoms with Crippen LogP contribution in [-0.4, -0.2) is 4.98 Å². The zero-order valence-corrected chi connectivity index (χ0v) is 9.25. The first-order valence-electron chi connectivity index (χ1n) is 4.63. The van der Waals surface area contributed by atoms with E-state index in [1.807, 2.05) is 30.5 Å². The van der Waals surface area contributed by atoms with E-state index < -0.39 is 0 Å². The topological polar surface area (TPSA) is 48.1 Å². The molecule has 0 aromatic carbocycles. The average molecular weight is 220 g/mol. The monoisotopic (exact) mass is 220 g/mol. The van der Waals surface area contributed by atoms with Crippen molar-refractivity contribution >= 4 is 17.0 Å². The third kappa shape index (κ3) is 2.27. The lowest BCUT2D eigenvalue weighted by Crippen LogP contribution is -2.00. The standard InChI is InChI=1S/C11H12N2OS/c1-8-4-5-13-11(10(8)12)14-7-9-3-2-6-15-9/h2-6H,7,12H2,1H3. The van der Waals surface area contributed by atoms with Gasteiger partial charge in [-0.1, -0.05) is 6.07 Å². The van der Waals surface area contributed by atoms with Gasteiger partial charge in [-0.15, -0.1) is 11.3 Å². The third-order valence-corrected chi connectivity index (χ3v) is 2.95. The number of pyridine rings is 1. The first kappa shape index (κ1) is 9.98. The number of nitrogens with zero attached hydrogens (tertiary/aromatic N) is 1. The van der Waals surface area contributed by atoms with Gasteiger partial charge in [0.2, 0.25) is 5.88 Å². The molecular formula is C11H12N2OS. The molecule has 0 saturated carbocycles. The van der Waals surface area contributed by atoms with Crippen LogP contribution in [0.15, 0.2) is 29.8 Å². The molecule has 0 spiro atoms. The fourth-order valence-corrected chi connectivity index (χ4v) is 1.81. The number of aryl methyl sites for hydroxylation is 1. The number of hydrogen-bond acceptors (Lipinski definition) is 4. The molecule has 4 heteroatoms. The van der Waals surface area contributed by atoms with Crippen LogP contribution in [0.25, 0.3) is 0 Å². The van der Waals surface area contributed by atoms with Crippen molar-refractivity contribution in [2.45, 2.75) is 13.5 Å². The van der Waals surface area contributed by atoms with Gasteiger partial charge in [0, 0.05) is 11.1 Å². The lowest BCUT2D eigenvalue weighted by molar-refractivity contribution is 0.299. The van der Waals surface area contributed by atoms with E-state index in [0.717, 1.165) is 10.4 Å². The molecule has 0 aliphatic heterocycles. The minimum absolute atomic E-state index is 0.517. The molecule has 78 valence electrons. The van der Waals surface area contributed by atoms with E-state index in [0.29, 0.717) is 18.2 Å². The summed E-state index contributed by atoms with van der Waals surface area (Å²) in [7, 11) is 0.